The monoisotopic (exact) mass is 212 g/mol. The molecule has 0 atom stereocenters. The van der Waals surface area contributed by atoms with Crippen LogP contribution >= 0.6 is 0 Å². The molecule has 2 saturated heterocycles. The number of nitrogens with one attached hydrogen (secondary N) is 1. The molecule has 0 aromatic carbocycles. The lowest BCUT2D eigenvalue weighted by Crippen LogP contribution is -2.68. The standard InChI is InChI=1S/C11H20N2O2/c1-10(2,3)15-9(14)13-7-11(8-13)5-4-6-12-11/h12H,4-8H2,1-3H3. The van der Waals surface area contributed by atoms with Crippen LogP contribution in [0, 0.1) is 0 Å². The van der Waals surface area contributed by atoms with E-state index in [9.17, 15) is 4.79 Å². The molecule has 2 rings (SSSR count). The Balaban J connectivity index is 1.81. The quantitative estimate of drug-likeness (QED) is 0.659. The molecule has 0 radical (unpaired) electrons. The Morgan fingerprint density at radius 1 is 1.40 bits per heavy atom. The summed E-state index contributed by atoms with van der Waals surface area (Å²) in [5, 5.41) is 3.47. The highest BCUT2D eigenvalue weighted by Gasteiger charge is 2.47. The number of carbonyl (C=O) groups is 1. The molecule has 86 valence electrons. The molecule has 0 saturated carbocycles. The summed E-state index contributed by atoms with van der Waals surface area (Å²) in [5.41, 5.74) is -0.167. The van der Waals surface area contributed by atoms with E-state index < -0.39 is 0 Å². The molecule has 1 amide bonds. The maximum atomic E-state index is 11.7. The van der Waals surface area contributed by atoms with Gasteiger partial charge >= 0.3 is 6.09 Å². The van der Waals surface area contributed by atoms with Gasteiger partial charge < -0.3 is 15.0 Å². The number of nitrogens with zero attached hydrogens (tertiary/aromatic N) is 1. The summed E-state index contributed by atoms with van der Waals surface area (Å²) < 4.78 is 5.30. The Hall–Kier alpha value is -0.770. The van der Waals surface area contributed by atoms with Gasteiger partial charge in [0.05, 0.1) is 5.54 Å². The average Bonchev–Trinajstić information content (AvgIpc) is 2.44. The normalized spacial score (nSPS) is 24.1. The van der Waals surface area contributed by atoms with Crippen LogP contribution in [0.1, 0.15) is 33.6 Å². The fourth-order valence-corrected chi connectivity index (χ4v) is 2.28. The van der Waals surface area contributed by atoms with Crippen LogP contribution in [0.5, 0.6) is 0 Å². The molecule has 1 N–H and O–H groups in total. The average molecular weight is 212 g/mol. The molecule has 4 nitrogen and oxygen atoms in total. The highest BCUT2D eigenvalue weighted by molar-refractivity contribution is 5.69. The predicted octanol–water partition coefficient (Wildman–Crippen LogP) is 1.36. The molecule has 15 heavy (non-hydrogen) atoms. The van der Waals surface area contributed by atoms with Crippen LogP contribution in [0.25, 0.3) is 0 Å². The van der Waals surface area contributed by atoms with E-state index in [2.05, 4.69) is 5.32 Å². The summed E-state index contributed by atoms with van der Waals surface area (Å²) in [6, 6.07) is 0. The molecule has 0 aromatic rings. The summed E-state index contributed by atoms with van der Waals surface area (Å²) in [6.07, 6.45) is 2.23. The number of likely N-dealkylation sites (tertiary alicyclic amines) is 1. The zero-order valence-corrected chi connectivity index (χ0v) is 9.80. The van der Waals surface area contributed by atoms with Crippen molar-refractivity contribution < 1.29 is 9.53 Å². The van der Waals surface area contributed by atoms with E-state index >= 15 is 0 Å². The van der Waals surface area contributed by atoms with Crippen molar-refractivity contribution in [3.8, 4) is 0 Å². The topological polar surface area (TPSA) is 41.6 Å². The Morgan fingerprint density at radius 2 is 2.07 bits per heavy atom. The van der Waals surface area contributed by atoms with Gasteiger partial charge in [0.1, 0.15) is 5.60 Å². The zero-order valence-electron chi connectivity index (χ0n) is 9.80. The van der Waals surface area contributed by atoms with Gasteiger partial charge in [-0.1, -0.05) is 0 Å². The summed E-state index contributed by atoms with van der Waals surface area (Å²) >= 11 is 0. The first-order valence-electron chi connectivity index (χ1n) is 5.63. The van der Waals surface area contributed by atoms with Gasteiger partial charge in [-0.3, -0.25) is 0 Å². The SMILES string of the molecule is CC(C)(C)OC(=O)N1CC2(CCCN2)C1. The minimum Gasteiger partial charge on any atom is -0.444 e. The minimum absolute atomic E-state index is 0.179. The molecule has 0 unspecified atom stereocenters. The van der Waals surface area contributed by atoms with Crippen LogP contribution < -0.4 is 5.32 Å². The van der Waals surface area contributed by atoms with Gasteiger partial charge in [0.2, 0.25) is 0 Å². The van der Waals surface area contributed by atoms with Crippen LogP contribution in [0.3, 0.4) is 0 Å². The molecule has 2 heterocycles. The van der Waals surface area contributed by atoms with Crippen molar-refractivity contribution in [1.82, 2.24) is 10.2 Å². The van der Waals surface area contributed by atoms with E-state index in [0.717, 1.165) is 19.6 Å². The summed E-state index contributed by atoms with van der Waals surface area (Å²) in [6.45, 7) is 8.39. The van der Waals surface area contributed by atoms with E-state index in [4.69, 9.17) is 4.74 Å². The smallest absolute Gasteiger partial charge is 0.410 e. The molecule has 0 aromatic heterocycles. The maximum absolute atomic E-state index is 11.7. The highest BCUT2D eigenvalue weighted by Crippen LogP contribution is 2.30. The Morgan fingerprint density at radius 3 is 2.53 bits per heavy atom. The molecule has 2 aliphatic heterocycles. The highest BCUT2D eigenvalue weighted by atomic mass is 16.6. The van der Waals surface area contributed by atoms with Gasteiger partial charge in [-0.25, -0.2) is 4.79 Å². The van der Waals surface area contributed by atoms with E-state index in [1.807, 2.05) is 20.8 Å². The molecular weight excluding hydrogens is 192 g/mol. The Labute approximate surface area is 91.0 Å². The Kier molecular flexibility index (Phi) is 2.41. The zero-order chi connectivity index (χ0) is 11.1. The van der Waals surface area contributed by atoms with E-state index in [1.54, 1.807) is 4.90 Å². The first-order chi connectivity index (χ1) is 6.90. The van der Waals surface area contributed by atoms with Gasteiger partial charge in [-0.2, -0.15) is 0 Å². The van der Waals surface area contributed by atoms with Crippen molar-refractivity contribution in [2.45, 2.75) is 44.8 Å². The van der Waals surface area contributed by atoms with E-state index in [-0.39, 0.29) is 17.2 Å². The first kappa shape index (κ1) is 10.7. The van der Waals surface area contributed by atoms with Gasteiger partial charge in [0, 0.05) is 13.1 Å². The van der Waals surface area contributed by atoms with Crippen molar-refractivity contribution >= 4 is 6.09 Å². The van der Waals surface area contributed by atoms with Crippen molar-refractivity contribution in [1.29, 1.82) is 0 Å². The fourth-order valence-electron chi connectivity index (χ4n) is 2.28. The van der Waals surface area contributed by atoms with Crippen molar-refractivity contribution in [3.05, 3.63) is 0 Å². The number of hydrogen-bond acceptors (Lipinski definition) is 3. The second-order valence-electron chi connectivity index (χ2n) is 5.65. The first-order valence-corrected chi connectivity index (χ1v) is 5.63. The van der Waals surface area contributed by atoms with Crippen molar-refractivity contribution in [3.63, 3.8) is 0 Å². The predicted molar refractivity (Wildman–Crippen MR) is 57.8 cm³/mol. The van der Waals surface area contributed by atoms with Crippen LogP contribution in [-0.4, -0.2) is 41.8 Å². The molecule has 4 heteroatoms. The Bertz CT molecular complexity index is 256. The number of amides is 1. The van der Waals surface area contributed by atoms with Crippen molar-refractivity contribution in [2.75, 3.05) is 19.6 Å². The molecular formula is C11H20N2O2. The fraction of sp³-hybridized carbons (Fsp3) is 0.909. The number of rotatable bonds is 0. The minimum atomic E-state index is -0.386. The van der Waals surface area contributed by atoms with E-state index in [0.29, 0.717) is 0 Å². The third-order valence-corrected chi connectivity index (χ3v) is 2.97. The lowest BCUT2D eigenvalue weighted by atomic mass is 9.89. The van der Waals surface area contributed by atoms with Gasteiger partial charge in [0.25, 0.3) is 0 Å². The third kappa shape index (κ3) is 2.25. The van der Waals surface area contributed by atoms with Crippen LogP contribution in [-0.2, 0) is 4.74 Å². The summed E-state index contributed by atoms with van der Waals surface area (Å²) in [7, 11) is 0. The number of ether oxygens (including phenoxy) is 1. The van der Waals surface area contributed by atoms with Gasteiger partial charge in [-0.05, 0) is 40.2 Å². The van der Waals surface area contributed by atoms with Crippen LogP contribution in [0.2, 0.25) is 0 Å². The molecule has 0 bridgehead atoms. The van der Waals surface area contributed by atoms with E-state index in [1.165, 1.54) is 12.8 Å². The maximum Gasteiger partial charge on any atom is 0.410 e. The lowest BCUT2D eigenvalue weighted by molar-refractivity contribution is -0.0121. The largest absolute Gasteiger partial charge is 0.444 e. The molecule has 0 aliphatic carbocycles. The van der Waals surface area contributed by atoms with Crippen molar-refractivity contribution in [2.24, 2.45) is 0 Å². The van der Waals surface area contributed by atoms with Gasteiger partial charge in [0.15, 0.2) is 0 Å². The molecule has 1 spiro atoms. The molecule has 2 aliphatic rings. The summed E-state index contributed by atoms with van der Waals surface area (Å²) in [5.74, 6) is 0. The second kappa shape index (κ2) is 3.37. The number of carbonyl (C=O) groups excluding carboxylic acids is 1. The molecule has 2 fully saturated rings. The van der Waals surface area contributed by atoms with Gasteiger partial charge in [-0.15, -0.1) is 0 Å². The number of hydrogen-bond donors (Lipinski definition) is 1. The van der Waals surface area contributed by atoms with Crippen LogP contribution in [0.15, 0.2) is 0 Å². The third-order valence-electron chi connectivity index (χ3n) is 2.97. The lowest BCUT2D eigenvalue weighted by Gasteiger charge is -2.48. The second-order valence-corrected chi connectivity index (χ2v) is 5.65. The summed E-state index contributed by atoms with van der Waals surface area (Å²) in [4.78, 5) is 13.4. The van der Waals surface area contributed by atoms with Crippen LogP contribution in [0.4, 0.5) is 4.79 Å².